The molecule has 2 N–H and O–H groups in total. The molecule has 0 unspecified atom stereocenters. The molecule has 3 nitrogen and oxygen atoms in total. The second-order valence-corrected chi connectivity index (χ2v) is 6.17. The molecule has 1 saturated heterocycles. The van der Waals surface area contributed by atoms with E-state index in [4.69, 9.17) is 5.73 Å². The predicted octanol–water partition coefficient (Wildman–Crippen LogP) is 3.37. The monoisotopic (exact) mass is 298 g/mol. The summed E-state index contributed by atoms with van der Waals surface area (Å²) in [5.74, 6) is -0.228. The Morgan fingerprint density at radius 3 is 2.71 bits per heavy atom. The Balaban J connectivity index is 1.73. The lowest BCUT2D eigenvalue weighted by atomic mass is 10.1. The molecule has 0 spiro atoms. The van der Waals surface area contributed by atoms with Gasteiger partial charge in [0.1, 0.15) is 6.04 Å². The first-order chi connectivity index (χ1) is 10.2. The number of hydrogen-bond acceptors (Lipinski definition) is 3. The Labute approximate surface area is 128 Å². The summed E-state index contributed by atoms with van der Waals surface area (Å²) in [5, 5.41) is 2.07. The molecule has 1 amide bonds. The standard InChI is InChI=1S/C17H18N2OS/c18-17(20)16-4-1-11-19(16)14-8-5-13(6-9-14)7-10-15-3-2-12-21-15/h2-3,5-10,12,16H,1,4,11H2,(H2,18,20)/b10-7+/t16-/m1/s1. The fraction of sp³-hybridized carbons (Fsp3) is 0.235. The van der Waals surface area contributed by atoms with Gasteiger partial charge in [-0.15, -0.1) is 11.3 Å². The minimum Gasteiger partial charge on any atom is -0.368 e. The highest BCUT2D eigenvalue weighted by Crippen LogP contribution is 2.26. The third kappa shape index (κ3) is 3.16. The zero-order chi connectivity index (χ0) is 14.7. The smallest absolute Gasteiger partial charge is 0.240 e. The summed E-state index contributed by atoms with van der Waals surface area (Å²) in [6, 6.07) is 12.3. The first-order valence-corrected chi connectivity index (χ1v) is 7.99. The first-order valence-electron chi connectivity index (χ1n) is 7.11. The maximum atomic E-state index is 11.5. The largest absolute Gasteiger partial charge is 0.368 e. The molecule has 4 heteroatoms. The van der Waals surface area contributed by atoms with E-state index in [9.17, 15) is 4.79 Å². The molecule has 0 saturated carbocycles. The van der Waals surface area contributed by atoms with Crippen LogP contribution in [0.1, 0.15) is 23.3 Å². The number of anilines is 1. The van der Waals surface area contributed by atoms with E-state index >= 15 is 0 Å². The van der Waals surface area contributed by atoms with Gasteiger partial charge in [-0.2, -0.15) is 0 Å². The Hall–Kier alpha value is -2.07. The Morgan fingerprint density at radius 1 is 1.24 bits per heavy atom. The summed E-state index contributed by atoms with van der Waals surface area (Å²) in [6.45, 7) is 0.901. The van der Waals surface area contributed by atoms with Gasteiger partial charge < -0.3 is 10.6 Å². The van der Waals surface area contributed by atoms with E-state index in [1.807, 2.05) is 6.07 Å². The first kappa shape index (κ1) is 13.9. The highest BCUT2D eigenvalue weighted by molar-refractivity contribution is 7.10. The number of hydrogen-bond donors (Lipinski definition) is 1. The van der Waals surface area contributed by atoms with Crippen molar-refractivity contribution in [3.05, 3.63) is 52.2 Å². The van der Waals surface area contributed by atoms with Gasteiger partial charge in [-0.25, -0.2) is 0 Å². The molecule has 3 rings (SSSR count). The van der Waals surface area contributed by atoms with Crippen LogP contribution in [0.5, 0.6) is 0 Å². The third-order valence-corrected chi connectivity index (χ3v) is 4.63. The van der Waals surface area contributed by atoms with Crippen LogP contribution in [0.3, 0.4) is 0 Å². The second-order valence-electron chi connectivity index (χ2n) is 5.19. The molecular weight excluding hydrogens is 280 g/mol. The van der Waals surface area contributed by atoms with Gasteiger partial charge in [0.05, 0.1) is 0 Å². The topological polar surface area (TPSA) is 46.3 Å². The quantitative estimate of drug-likeness (QED) is 0.940. The maximum Gasteiger partial charge on any atom is 0.240 e. The fourth-order valence-corrected chi connectivity index (χ4v) is 3.33. The van der Waals surface area contributed by atoms with E-state index < -0.39 is 0 Å². The summed E-state index contributed by atoms with van der Waals surface area (Å²) in [4.78, 5) is 14.8. The van der Waals surface area contributed by atoms with Crippen molar-refractivity contribution >= 4 is 35.1 Å². The Kier molecular flexibility index (Phi) is 4.06. The number of thiophene rings is 1. The molecule has 1 aromatic heterocycles. The van der Waals surface area contributed by atoms with Crippen LogP contribution < -0.4 is 10.6 Å². The van der Waals surface area contributed by atoms with E-state index in [1.54, 1.807) is 11.3 Å². The van der Waals surface area contributed by atoms with Crippen molar-refractivity contribution in [3.63, 3.8) is 0 Å². The SMILES string of the molecule is NC(=O)[C@H]1CCCN1c1ccc(/C=C/c2cccs2)cc1. The van der Waals surface area contributed by atoms with Crippen molar-refractivity contribution in [2.45, 2.75) is 18.9 Å². The van der Waals surface area contributed by atoms with Crippen LogP contribution in [-0.2, 0) is 4.79 Å². The summed E-state index contributed by atoms with van der Waals surface area (Å²) >= 11 is 1.72. The van der Waals surface area contributed by atoms with Gasteiger partial charge in [0, 0.05) is 17.1 Å². The van der Waals surface area contributed by atoms with E-state index in [-0.39, 0.29) is 11.9 Å². The van der Waals surface area contributed by atoms with Gasteiger partial charge in [0.15, 0.2) is 0 Å². The molecule has 0 bridgehead atoms. The van der Waals surface area contributed by atoms with E-state index in [1.165, 1.54) is 4.88 Å². The van der Waals surface area contributed by atoms with E-state index in [0.717, 1.165) is 30.6 Å². The lowest BCUT2D eigenvalue weighted by molar-refractivity contribution is -0.119. The number of carbonyl (C=O) groups is 1. The highest BCUT2D eigenvalue weighted by Gasteiger charge is 2.28. The van der Waals surface area contributed by atoms with Crippen molar-refractivity contribution in [1.82, 2.24) is 0 Å². The van der Waals surface area contributed by atoms with Crippen LogP contribution in [0.4, 0.5) is 5.69 Å². The lowest BCUT2D eigenvalue weighted by Gasteiger charge is -2.24. The molecule has 2 aromatic rings. The number of amides is 1. The minimum atomic E-state index is -0.228. The number of rotatable bonds is 4. The van der Waals surface area contributed by atoms with Crippen LogP contribution in [0.25, 0.3) is 12.2 Å². The molecule has 21 heavy (non-hydrogen) atoms. The molecule has 1 aliphatic heterocycles. The van der Waals surface area contributed by atoms with Crippen molar-refractivity contribution in [3.8, 4) is 0 Å². The summed E-state index contributed by atoms with van der Waals surface area (Å²) < 4.78 is 0. The van der Waals surface area contributed by atoms with Gasteiger partial charge in [-0.3, -0.25) is 4.79 Å². The van der Waals surface area contributed by atoms with Crippen LogP contribution >= 0.6 is 11.3 Å². The zero-order valence-corrected chi connectivity index (χ0v) is 12.6. The molecule has 1 aliphatic rings. The Bertz CT molecular complexity index is 631. The summed E-state index contributed by atoms with van der Waals surface area (Å²) in [6.07, 6.45) is 6.09. The third-order valence-electron chi connectivity index (χ3n) is 3.79. The molecule has 2 heterocycles. The molecule has 0 radical (unpaired) electrons. The number of carbonyl (C=O) groups excluding carboxylic acids is 1. The summed E-state index contributed by atoms with van der Waals surface area (Å²) in [5.41, 5.74) is 7.69. The van der Waals surface area contributed by atoms with Gasteiger partial charge in [0.2, 0.25) is 5.91 Å². The van der Waals surface area contributed by atoms with Crippen molar-refractivity contribution in [2.75, 3.05) is 11.4 Å². The van der Waals surface area contributed by atoms with Crippen molar-refractivity contribution < 1.29 is 4.79 Å². The highest BCUT2D eigenvalue weighted by atomic mass is 32.1. The fourth-order valence-electron chi connectivity index (χ4n) is 2.71. The second kappa shape index (κ2) is 6.14. The van der Waals surface area contributed by atoms with Gasteiger partial charge in [0.25, 0.3) is 0 Å². The van der Waals surface area contributed by atoms with Gasteiger partial charge in [-0.05, 0) is 48.1 Å². The van der Waals surface area contributed by atoms with Gasteiger partial charge in [-0.1, -0.05) is 24.3 Å². The molecule has 0 aliphatic carbocycles. The minimum absolute atomic E-state index is 0.155. The van der Waals surface area contributed by atoms with Crippen molar-refractivity contribution in [2.24, 2.45) is 5.73 Å². The summed E-state index contributed by atoms with van der Waals surface area (Å²) in [7, 11) is 0. The van der Waals surface area contributed by atoms with Crippen molar-refractivity contribution in [1.29, 1.82) is 0 Å². The number of nitrogens with two attached hydrogens (primary N) is 1. The molecule has 1 aromatic carbocycles. The Morgan fingerprint density at radius 2 is 2.05 bits per heavy atom. The van der Waals surface area contributed by atoms with E-state index in [0.29, 0.717) is 0 Å². The normalized spacial score (nSPS) is 18.5. The van der Waals surface area contributed by atoms with Crippen LogP contribution in [0, 0.1) is 0 Å². The number of nitrogens with zero attached hydrogens (tertiary/aromatic N) is 1. The lowest BCUT2D eigenvalue weighted by Crippen LogP contribution is -2.40. The predicted molar refractivity (Wildman–Crippen MR) is 89.3 cm³/mol. The molecular formula is C17H18N2OS. The average Bonchev–Trinajstić information content (AvgIpc) is 3.17. The van der Waals surface area contributed by atoms with Gasteiger partial charge >= 0.3 is 0 Å². The average molecular weight is 298 g/mol. The van der Waals surface area contributed by atoms with Crippen LogP contribution in [0.2, 0.25) is 0 Å². The molecule has 1 fully saturated rings. The maximum absolute atomic E-state index is 11.5. The zero-order valence-electron chi connectivity index (χ0n) is 11.7. The number of primary amides is 1. The van der Waals surface area contributed by atoms with E-state index in [2.05, 4.69) is 52.8 Å². The molecule has 108 valence electrons. The van der Waals surface area contributed by atoms with Crippen LogP contribution in [-0.4, -0.2) is 18.5 Å². The molecule has 1 atom stereocenters. The van der Waals surface area contributed by atoms with Crippen LogP contribution in [0.15, 0.2) is 41.8 Å². The number of benzene rings is 1.